The second kappa shape index (κ2) is 10.1. The predicted molar refractivity (Wildman–Crippen MR) is 151 cm³/mol. The predicted octanol–water partition coefficient (Wildman–Crippen LogP) is 5.13. The molecule has 0 saturated heterocycles. The summed E-state index contributed by atoms with van der Waals surface area (Å²) in [5, 5.41) is 9.76. The maximum absolute atomic E-state index is 14.3. The van der Waals surface area contributed by atoms with Crippen LogP contribution < -0.4 is 16.0 Å². The highest BCUT2D eigenvalue weighted by Gasteiger charge is 2.20. The van der Waals surface area contributed by atoms with Gasteiger partial charge in [0.15, 0.2) is 0 Å². The van der Waals surface area contributed by atoms with Crippen LogP contribution in [0.25, 0.3) is 32.4 Å². The van der Waals surface area contributed by atoms with Crippen molar-refractivity contribution in [3.8, 4) is 16.8 Å². The van der Waals surface area contributed by atoms with Crippen LogP contribution in [-0.2, 0) is 10.0 Å². The Morgan fingerprint density at radius 3 is 2.49 bits per heavy atom. The number of aromatic nitrogens is 3. The van der Waals surface area contributed by atoms with E-state index < -0.39 is 16.1 Å². The fourth-order valence-corrected chi connectivity index (χ4v) is 5.12. The fourth-order valence-electron chi connectivity index (χ4n) is 4.56. The molecule has 5 rings (SSSR count). The number of hydrogen-bond acceptors (Lipinski definition) is 6. The van der Waals surface area contributed by atoms with Crippen molar-refractivity contribution in [3.63, 3.8) is 0 Å². The van der Waals surface area contributed by atoms with Gasteiger partial charge in [-0.1, -0.05) is 48.5 Å². The third kappa shape index (κ3) is 5.01. The minimum atomic E-state index is -3.93. The zero-order valence-corrected chi connectivity index (χ0v) is 22.0. The molecular formula is C29H24N6O3S. The Hall–Kier alpha value is -4.85. The quantitative estimate of drug-likeness (QED) is 0.290. The van der Waals surface area contributed by atoms with Gasteiger partial charge in [0.25, 0.3) is 5.56 Å². The Morgan fingerprint density at radius 2 is 1.77 bits per heavy atom. The van der Waals surface area contributed by atoms with Crippen molar-refractivity contribution in [2.24, 2.45) is 5.14 Å². The van der Waals surface area contributed by atoms with Crippen molar-refractivity contribution in [3.05, 3.63) is 118 Å². The Labute approximate surface area is 225 Å². The normalized spacial score (nSPS) is 12.2. The average molecular weight is 537 g/mol. The SMILES string of the molecule is [C-]#[N+]c1cnc(C)nc1N[C@@H](C)c1cc2cccc(-c3cccc(S(N)(=O)=O)c3)c2c(=O)n1-c1ccccc1. The molecule has 0 bridgehead atoms. The lowest BCUT2D eigenvalue weighted by Crippen LogP contribution is -2.26. The summed E-state index contributed by atoms with van der Waals surface area (Å²) in [6.07, 6.45) is 1.47. The average Bonchev–Trinajstić information content (AvgIpc) is 2.93. The maximum atomic E-state index is 14.3. The zero-order valence-electron chi connectivity index (χ0n) is 21.2. The molecule has 0 radical (unpaired) electrons. The van der Waals surface area contributed by atoms with Gasteiger partial charge in [-0.25, -0.2) is 23.4 Å². The van der Waals surface area contributed by atoms with Crippen LogP contribution in [0.4, 0.5) is 11.5 Å². The second-order valence-electron chi connectivity index (χ2n) is 9.02. The molecule has 5 aromatic rings. The van der Waals surface area contributed by atoms with E-state index in [1.54, 1.807) is 29.7 Å². The van der Waals surface area contributed by atoms with Crippen molar-refractivity contribution < 1.29 is 8.42 Å². The summed E-state index contributed by atoms with van der Waals surface area (Å²) in [4.78, 5) is 26.3. The molecule has 0 spiro atoms. The molecule has 0 aliphatic carbocycles. The number of pyridine rings is 1. The molecule has 0 saturated carbocycles. The number of fused-ring (bicyclic) bond motifs is 1. The van der Waals surface area contributed by atoms with Gasteiger partial charge >= 0.3 is 0 Å². The molecule has 3 aromatic carbocycles. The van der Waals surface area contributed by atoms with Gasteiger partial charge in [0, 0.05) is 17.6 Å². The molecular weight excluding hydrogens is 512 g/mol. The van der Waals surface area contributed by atoms with Gasteiger partial charge in [-0.15, -0.1) is 0 Å². The summed E-state index contributed by atoms with van der Waals surface area (Å²) >= 11 is 0. The molecule has 0 aliphatic heterocycles. The Kier molecular flexibility index (Phi) is 6.70. The minimum Gasteiger partial charge on any atom is -0.371 e. The van der Waals surface area contributed by atoms with Gasteiger partial charge in [0.2, 0.25) is 15.7 Å². The number of nitrogens with one attached hydrogen (secondary N) is 1. The van der Waals surface area contributed by atoms with Gasteiger partial charge in [0.05, 0.1) is 22.9 Å². The molecule has 0 unspecified atom stereocenters. The third-order valence-electron chi connectivity index (χ3n) is 6.37. The molecule has 10 heteroatoms. The molecule has 39 heavy (non-hydrogen) atoms. The first-order valence-electron chi connectivity index (χ1n) is 12.0. The Balaban J connectivity index is 1.76. The number of para-hydroxylation sites is 1. The summed E-state index contributed by atoms with van der Waals surface area (Å²) in [7, 11) is -3.93. The molecule has 9 nitrogen and oxygen atoms in total. The van der Waals surface area contributed by atoms with E-state index in [1.165, 1.54) is 18.3 Å². The third-order valence-corrected chi connectivity index (χ3v) is 7.28. The topological polar surface area (TPSA) is 124 Å². The van der Waals surface area contributed by atoms with Crippen molar-refractivity contribution in [2.45, 2.75) is 24.8 Å². The van der Waals surface area contributed by atoms with E-state index in [4.69, 9.17) is 11.7 Å². The zero-order chi connectivity index (χ0) is 27.7. The van der Waals surface area contributed by atoms with Crippen LogP contribution in [0, 0.1) is 13.5 Å². The van der Waals surface area contributed by atoms with Crippen molar-refractivity contribution in [1.82, 2.24) is 14.5 Å². The second-order valence-corrected chi connectivity index (χ2v) is 10.6. The van der Waals surface area contributed by atoms with E-state index in [0.29, 0.717) is 44.9 Å². The number of hydrogen-bond donors (Lipinski definition) is 2. The van der Waals surface area contributed by atoms with Crippen LogP contribution in [-0.4, -0.2) is 23.0 Å². The number of nitrogens with two attached hydrogens (primary N) is 1. The first-order valence-corrected chi connectivity index (χ1v) is 13.6. The van der Waals surface area contributed by atoms with Crippen LogP contribution in [0.3, 0.4) is 0 Å². The lowest BCUT2D eigenvalue weighted by atomic mass is 9.98. The molecule has 0 fully saturated rings. The van der Waals surface area contributed by atoms with E-state index in [2.05, 4.69) is 20.1 Å². The largest absolute Gasteiger partial charge is 0.371 e. The van der Waals surface area contributed by atoms with Crippen molar-refractivity contribution >= 4 is 32.3 Å². The van der Waals surface area contributed by atoms with E-state index >= 15 is 0 Å². The van der Waals surface area contributed by atoms with Crippen molar-refractivity contribution in [2.75, 3.05) is 5.32 Å². The highest BCUT2D eigenvalue weighted by molar-refractivity contribution is 7.89. The van der Waals surface area contributed by atoms with Crippen LogP contribution in [0.1, 0.15) is 24.5 Å². The van der Waals surface area contributed by atoms with Gasteiger partial charge in [0.1, 0.15) is 11.6 Å². The molecule has 0 aliphatic rings. The monoisotopic (exact) mass is 536 g/mol. The minimum absolute atomic E-state index is 0.0365. The molecule has 0 amide bonds. The summed E-state index contributed by atoms with van der Waals surface area (Å²) in [5.74, 6) is 0.896. The van der Waals surface area contributed by atoms with Crippen molar-refractivity contribution in [1.29, 1.82) is 0 Å². The number of benzene rings is 3. The van der Waals surface area contributed by atoms with E-state index in [0.717, 1.165) is 0 Å². The van der Waals surface area contributed by atoms with Crippen LogP contribution >= 0.6 is 0 Å². The van der Waals surface area contributed by atoms with E-state index in [1.807, 2.05) is 55.5 Å². The maximum Gasteiger partial charge on any atom is 0.263 e. The molecule has 2 heterocycles. The number of sulfonamides is 1. The smallest absolute Gasteiger partial charge is 0.263 e. The summed E-state index contributed by atoms with van der Waals surface area (Å²) in [5.41, 5.74) is 2.45. The Bertz CT molecular complexity index is 1930. The lowest BCUT2D eigenvalue weighted by molar-refractivity contribution is 0.598. The standard InChI is InChI=1S/C29H24N6O3S/c1-18(33-28-25(31-3)17-32-19(2)34-28)26-16-21-10-8-14-24(20-9-7-13-23(15-20)39(30,37)38)27(21)29(36)35(26)22-11-5-4-6-12-22/h4-18H,1-2H3,(H2,30,37,38)(H,32,33,34)/t18-/m0/s1. The summed E-state index contributed by atoms with van der Waals surface area (Å²) < 4.78 is 25.6. The van der Waals surface area contributed by atoms with Gasteiger partial charge < -0.3 is 5.32 Å². The van der Waals surface area contributed by atoms with Gasteiger partial charge in [-0.05, 0) is 60.7 Å². The number of primary sulfonamides is 1. The first kappa shape index (κ1) is 25.8. The number of nitrogens with zero attached hydrogens (tertiary/aromatic N) is 4. The van der Waals surface area contributed by atoms with Gasteiger partial charge in [-0.3, -0.25) is 14.3 Å². The molecule has 2 aromatic heterocycles. The molecule has 1 atom stereocenters. The number of anilines is 1. The summed E-state index contributed by atoms with van der Waals surface area (Å²) in [6, 6.07) is 22.4. The highest BCUT2D eigenvalue weighted by atomic mass is 32.2. The van der Waals surface area contributed by atoms with E-state index in [9.17, 15) is 13.2 Å². The number of aryl methyl sites for hydroxylation is 1. The molecule has 194 valence electrons. The van der Waals surface area contributed by atoms with Crippen LogP contribution in [0.5, 0.6) is 0 Å². The summed E-state index contributed by atoms with van der Waals surface area (Å²) in [6.45, 7) is 11.1. The first-order chi connectivity index (χ1) is 18.7. The van der Waals surface area contributed by atoms with Crippen LogP contribution in [0.2, 0.25) is 0 Å². The fraction of sp³-hybridized carbons (Fsp3) is 0.103. The van der Waals surface area contributed by atoms with E-state index in [-0.39, 0.29) is 16.1 Å². The van der Waals surface area contributed by atoms with Gasteiger partial charge in [-0.2, -0.15) is 0 Å². The number of rotatable bonds is 6. The lowest BCUT2D eigenvalue weighted by Gasteiger charge is -2.22. The van der Waals surface area contributed by atoms with Crippen LogP contribution in [0.15, 0.2) is 94.7 Å². The highest BCUT2D eigenvalue weighted by Crippen LogP contribution is 2.32. The Morgan fingerprint density at radius 1 is 1.03 bits per heavy atom. The molecule has 3 N–H and O–H groups in total.